The number of rotatable bonds is 1. The van der Waals surface area contributed by atoms with Gasteiger partial charge in [0, 0.05) is 0 Å². The Hall–Kier alpha value is -0.260. The minimum absolute atomic E-state index is 0.697. The van der Waals surface area contributed by atoms with Gasteiger partial charge >= 0.3 is 0 Å². The Balaban J connectivity index is 1.77. The number of fused-ring (bicyclic) bond motifs is 5. The molecule has 14 heavy (non-hydrogen) atoms. The van der Waals surface area contributed by atoms with E-state index in [1.54, 1.807) is 32.1 Å². The molecule has 0 aromatic rings. The lowest BCUT2D eigenvalue weighted by Crippen LogP contribution is -2.34. The normalized spacial score (nSPS) is 58.9. The first-order valence-corrected chi connectivity index (χ1v) is 6.51. The highest BCUT2D eigenvalue weighted by atomic mass is 14.6. The van der Waals surface area contributed by atoms with Gasteiger partial charge in [-0.05, 0) is 74.0 Å². The molecule has 0 aromatic carbocycles. The van der Waals surface area contributed by atoms with E-state index in [0.717, 1.165) is 17.3 Å². The molecular formula is C14H20. The zero-order valence-corrected chi connectivity index (χ0v) is 8.97. The van der Waals surface area contributed by atoms with E-state index < -0.39 is 0 Å². The first-order chi connectivity index (χ1) is 6.82. The Kier molecular flexibility index (Phi) is 1.30. The predicted molar refractivity (Wildman–Crippen MR) is 57.9 cm³/mol. The lowest BCUT2D eigenvalue weighted by Gasteiger charge is -2.43. The molecule has 2 unspecified atom stereocenters. The molecule has 0 saturated heterocycles. The van der Waals surface area contributed by atoms with Crippen LogP contribution in [-0.4, -0.2) is 0 Å². The molecule has 0 heterocycles. The van der Waals surface area contributed by atoms with Crippen molar-refractivity contribution in [3.05, 3.63) is 12.2 Å². The topological polar surface area (TPSA) is 0 Å². The first kappa shape index (κ1) is 7.96. The van der Waals surface area contributed by atoms with Crippen molar-refractivity contribution >= 4 is 0 Å². The van der Waals surface area contributed by atoms with Gasteiger partial charge in [0.25, 0.3) is 0 Å². The van der Waals surface area contributed by atoms with Gasteiger partial charge in [0.2, 0.25) is 0 Å². The highest BCUT2D eigenvalue weighted by molar-refractivity contribution is 5.23. The quantitative estimate of drug-likeness (QED) is 0.547. The van der Waals surface area contributed by atoms with Crippen molar-refractivity contribution in [2.24, 2.45) is 22.7 Å². The second-order valence-corrected chi connectivity index (χ2v) is 6.45. The molecule has 0 aliphatic heterocycles. The SMILES string of the molecule is C1=CC2(C34CCC(CC3)C4)CCC1C2. The summed E-state index contributed by atoms with van der Waals surface area (Å²) in [6.07, 6.45) is 17.6. The summed E-state index contributed by atoms with van der Waals surface area (Å²) in [7, 11) is 0. The largest absolute Gasteiger partial charge is 0.0848 e. The van der Waals surface area contributed by atoms with E-state index in [-0.39, 0.29) is 0 Å². The monoisotopic (exact) mass is 188 g/mol. The molecule has 4 aliphatic carbocycles. The van der Waals surface area contributed by atoms with Crippen LogP contribution in [0.15, 0.2) is 12.2 Å². The summed E-state index contributed by atoms with van der Waals surface area (Å²) in [6, 6.07) is 0. The third-order valence-electron chi connectivity index (χ3n) is 6.07. The van der Waals surface area contributed by atoms with Crippen molar-refractivity contribution in [3.63, 3.8) is 0 Å². The van der Waals surface area contributed by atoms with Gasteiger partial charge in [0.15, 0.2) is 0 Å². The van der Waals surface area contributed by atoms with E-state index in [9.17, 15) is 0 Å². The van der Waals surface area contributed by atoms with Crippen LogP contribution < -0.4 is 0 Å². The summed E-state index contributed by atoms with van der Waals surface area (Å²) in [5, 5.41) is 0. The fraction of sp³-hybridized carbons (Fsp3) is 0.857. The summed E-state index contributed by atoms with van der Waals surface area (Å²) >= 11 is 0. The maximum Gasteiger partial charge on any atom is -0.00558 e. The van der Waals surface area contributed by atoms with Crippen LogP contribution in [0.2, 0.25) is 0 Å². The molecule has 0 nitrogen and oxygen atoms in total. The zero-order valence-electron chi connectivity index (χ0n) is 8.97. The molecule has 0 spiro atoms. The highest BCUT2D eigenvalue weighted by Gasteiger charge is 2.59. The molecule has 0 radical (unpaired) electrons. The third kappa shape index (κ3) is 0.741. The summed E-state index contributed by atoms with van der Waals surface area (Å²) in [5.74, 6) is 2.10. The lowest BCUT2D eigenvalue weighted by atomic mass is 9.61. The Morgan fingerprint density at radius 3 is 2.21 bits per heavy atom. The number of allylic oxidation sites excluding steroid dienone is 2. The third-order valence-corrected chi connectivity index (χ3v) is 6.07. The molecular weight excluding hydrogens is 168 g/mol. The minimum atomic E-state index is 0.697. The molecule has 4 rings (SSSR count). The van der Waals surface area contributed by atoms with Crippen LogP contribution in [0.5, 0.6) is 0 Å². The van der Waals surface area contributed by atoms with E-state index in [4.69, 9.17) is 0 Å². The molecule has 4 aliphatic rings. The maximum absolute atomic E-state index is 2.65. The van der Waals surface area contributed by atoms with Gasteiger partial charge in [0.1, 0.15) is 0 Å². The predicted octanol–water partition coefficient (Wildman–Crippen LogP) is 3.92. The van der Waals surface area contributed by atoms with Gasteiger partial charge in [-0.2, -0.15) is 0 Å². The Labute approximate surface area is 86.8 Å². The molecule has 3 fully saturated rings. The molecule has 3 saturated carbocycles. The van der Waals surface area contributed by atoms with Crippen molar-refractivity contribution in [1.29, 1.82) is 0 Å². The van der Waals surface area contributed by atoms with Crippen LogP contribution in [0.3, 0.4) is 0 Å². The molecule has 0 heteroatoms. The highest BCUT2D eigenvalue weighted by Crippen LogP contribution is 2.70. The van der Waals surface area contributed by atoms with Crippen LogP contribution in [-0.2, 0) is 0 Å². The summed E-state index contributed by atoms with van der Waals surface area (Å²) in [6.45, 7) is 0. The average Bonchev–Trinajstić information content (AvgIpc) is 2.98. The molecule has 0 aromatic heterocycles. The number of hydrogen-bond acceptors (Lipinski definition) is 0. The Morgan fingerprint density at radius 2 is 1.79 bits per heavy atom. The van der Waals surface area contributed by atoms with Crippen molar-refractivity contribution in [3.8, 4) is 0 Å². The molecule has 4 bridgehead atoms. The van der Waals surface area contributed by atoms with Gasteiger partial charge in [-0.25, -0.2) is 0 Å². The second-order valence-electron chi connectivity index (χ2n) is 6.45. The summed E-state index contributed by atoms with van der Waals surface area (Å²) in [5.41, 5.74) is 1.49. The fourth-order valence-electron chi connectivity index (χ4n) is 5.30. The van der Waals surface area contributed by atoms with E-state index in [1.807, 2.05) is 0 Å². The standard InChI is InChI=1S/C14H20/c1-5-13(6-2-11(1)9-13)14-7-3-12(10-14)4-8-14/h1,5,11-12H,2-4,6-10H2. The summed E-state index contributed by atoms with van der Waals surface area (Å²) < 4.78 is 0. The molecule has 0 amide bonds. The molecule has 0 N–H and O–H groups in total. The zero-order chi connectivity index (χ0) is 9.23. The van der Waals surface area contributed by atoms with Gasteiger partial charge in [-0.15, -0.1) is 0 Å². The van der Waals surface area contributed by atoms with Gasteiger partial charge in [-0.3, -0.25) is 0 Å². The van der Waals surface area contributed by atoms with Crippen LogP contribution in [0.4, 0.5) is 0 Å². The number of hydrogen-bond donors (Lipinski definition) is 0. The molecule has 76 valence electrons. The van der Waals surface area contributed by atoms with E-state index in [2.05, 4.69) is 12.2 Å². The smallest absolute Gasteiger partial charge is 0.00558 e. The van der Waals surface area contributed by atoms with Gasteiger partial charge in [-0.1, -0.05) is 12.2 Å². The van der Waals surface area contributed by atoms with Crippen molar-refractivity contribution < 1.29 is 0 Å². The van der Waals surface area contributed by atoms with Crippen molar-refractivity contribution in [1.82, 2.24) is 0 Å². The average molecular weight is 188 g/mol. The van der Waals surface area contributed by atoms with Crippen molar-refractivity contribution in [2.75, 3.05) is 0 Å². The van der Waals surface area contributed by atoms with Crippen LogP contribution in [0.25, 0.3) is 0 Å². The van der Waals surface area contributed by atoms with Crippen LogP contribution >= 0.6 is 0 Å². The first-order valence-electron chi connectivity index (χ1n) is 6.51. The second kappa shape index (κ2) is 2.28. The van der Waals surface area contributed by atoms with Gasteiger partial charge < -0.3 is 0 Å². The van der Waals surface area contributed by atoms with Crippen molar-refractivity contribution in [2.45, 2.75) is 51.4 Å². The lowest BCUT2D eigenvalue weighted by molar-refractivity contribution is 0.0988. The fourth-order valence-corrected chi connectivity index (χ4v) is 5.30. The van der Waals surface area contributed by atoms with Gasteiger partial charge in [0.05, 0.1) is 0 Å². The van der Waals surface area contributed by atoms with E-state index in [1.165, 1.54) is 19.3 Å². The Morgan fingerprint density at radius 1 is 0.929 bits per heavy atom. The van der Waals surface area contributed by atoms with E-state index in [0.29, 0.717) is 5.41 Å². The van der Waals surface area contributed by atoms with E-state index >= 15 is 0 Å². The van der Waals surface area contributed by atoms with Crippen LogP contribution in [0, 0.1) is 22.7 Å². The van der Waals surface area contributed by atoms with Crippen LogP contribution in [0.1, 0.15) is 51.4 Å². The minimum Gasteiger partial charge on any atom is -0.0848 e. The maximum atomic E-state index is 2.65. The summed E-state index contributed by atoms with van der Waals surface area (Å²) in [4.78, 5) is 0. The molecule has 2 atom stereocenters. The Bertz CT molecular complexity index is 293.